The molecule has 0 bridgehead atoms. The standard InChI is InChI=1S/C4F10N2O/c5-1(6)2(7,8)16(4(12,13)14)17-15(1)3(9,10)11. The van der Waals surface area contributed by atoms with Gasteiger partial charge in [0.25, 0.3) is 0 Å². The normalized spacial score (nSPS) is 26.5. The van der Waals surface area contributed by atoms with Crippen molar-refractivity contribution in [1.82, 2.24) is 10.1 Å². The minimum Gasteiger partial charge on any atom is -0.181 e. The lowest BCUT2D eigenvalue weighted by Gasteiger charge is -2.24. The van der Waals surface area contributed by atoms with E-state index in [1.165, 1.54) is 0 Å². The van der Waals surface area contributed by atoms with Crippen molar-refractivity contribution < 1.29 is 48.8 Å². The van der Waals surface area contributed by atoms with Gasteiger partial charge in [0.2, 0.25) is 0 Å². The molecule has 13 heteroatoms. The van der Waals surface area contributed by atoms with Gasteiger partial charge in [0.1, 0.15) is 0 Å². The Hall–Kier alpha value is -0.820. The zero-order valence-corrected chi connectivity index (χ0v) is 7.08. The van der Waals surface area contributed by atoms with Crippen molar-refractivity contribution in [3.05, 3.63) is 0 Å². The molecule has 17 heavy (non-hydrogen) atoms. The zero-order chi connectivity index (χ0) is 13.9. The molecule has 1 fully saturated rings. The average molecular weight is 282 g/mol. The summed E-state index contributed by atoms with van der Waals surface area (Å²) < 4.78 is 120. The van der Waals surface area contributed by atoms with Crippen molar-refractivity contribution in [3.63, 3.8) is 0 Å². The Labute approximate surface area is 85.0 Å². The van der Waals surface area contributed by atoms with E-state index in [-0.39, 0.29) is 0 Å². The molecule has 1 saturated heterocycles. The van der Waals surface area contributed by atoms with Crippen molar-refractivity contribution >= 4 is 0 Å². The predicted molar refractivity (Wildman–Crippen MR) is 26.8 cm³/mol. The second-order valence-corrected chi connectivity index (χ2v) is 2.69. The number of nitrogens with zero attached hydrogens (tertiary/aromatic N) is 2. The van der Waals surface area contributed by atoms with Crippen molar-refractivity contribution in [2.45, 2.75) is 24.7 Å². The molecule has 0 aromatic heterocycles. The second-order valence-electron chi connectivity index (χ2n) is 2.69. The summed E-state index contributed by atoms with van der Waals surface area (Å²) in [6.45, 7) is 0. The van der Waals surface area contributed by atoms with E-state index in [0.29, 0.717) is 0 Å². The topological polar surface area (TPSA) is 15.7 Å². The number of hydrogen-bond acceptors (Lipinski definition) is 3. The molecule has 1 aliphatic heterocycles. The lowest BCUT2D eigenvalue weighted by Crippen LogP contribution is -2.55. The SMILES string of the molecule is FC(F)(F)N1ON(C(F)(F)F)C(F)(F)C1(F)F. The van der Waals surface area contributed by atoms with Gasteiger partial charge in [-0.2, -0.15) is 48.8 Å². The number of halogens is 10. The molecule has 3 nitrogen and oxygen atoms in total. The van der Waals surface area contributed by atoms with Gasteiger partial charge in [0.05, 0.1) is 0 Å². The number of hydrogen-bond donors (Lipinski definition) is 0. The molecule has 0 saturated carbocycles. The van der Waals surface area contributed by atoms with Gasteiger partial charge in [-0.15, -0.1) is 0 Å². The Morgan fingerprint density at radius 2 is 0.882 bits per heavy atom. The highest BCUT2D eigenvalue weighted by Gasteiger charge is 2.82. The molecule has 0 atom stereocenters. The van der Waals surface area contributed by atoms with Crippen LogP contribution in [0.4, 0.5) is 43.9 Å². The summed E-state index contributed by atoms with van der Waals surface area (Å²) in [4.78, 5) is 2.44. The van der Waals surface area contributed by atoms with Crippen LogP contribution in [-0.2, 0) is 4.94 Å². The Morgan fingerprint density at radius 3 is 1.00 bits per heavy atom. The number of alkyl halides is 10. The first-order valence-electron chi connectivity index (χ1n) is 3.40. The van der Waals surface area contributed by atoms with E-state index in [1.54, 1.807) is 0 Å². The molecule has 0 spiro atoms. The molecule has 1 rings (SSSR count). The van der Waals surface area contributed by atoms with Crippen LogP contribution in [0, 0.1) is 0 Å². The molecule has 0 N–H and O–H groups in total. The first kappa shape index (κ1) is 14.2. The summed E-state index contributed by atoms with van der Waals surface area (Å²) in [6.07, 6.45) is -12.5. The van der Waals surface area contributed by atoms with Gasteiger partial charge in [-0.25, -0.2) is 0 Å². The van der Waals surface area contributed by atoms with E-state index in [9.17, 15) is 43.9 Å². The molecular formula is C4F10N2O. The predicted octanol–water partition coefficient (Wildman–Crippen LogP) is 2.68. The van der Waals surface area contributed by atoms with Crippen LogP contribution in [0.15, 0.2) is 0 Å². The van der Waals surface area contributed by atoms with Crippen LogP contribution >= 0.6 is 0 Å². The Bertz CT molecular complexity index is 276. The molecule has 0 aromatic carbocycles. The number of hydroxylamine groups is 4. The second kappa shape index (κ2) is 3.35. The third-order valence-electron chi connectivity index (χ3n) is 1.50. The highest BCUT2D eigenvalue weighted by Crippen LogP contribution is 2.53. The quantitative estimate of drug-likeness (QED) is 0.502. The maximum atomic E-state index is 12.5. The van der Waals surface area contributed by atoms with Crippen LogP contribution < -0.4 is 0 Å². The smallest absolute Gasteiger partial charge is 0.181 e. The first-order chi connectivity index (χ1) is 7.22. The van der Waals surface area contributed by atoms with Crippen LogP contribution in [0.1, 0.15) is 0 Å². The maximum absolute atomic E-state index is 12.5. The molecule has 102 valence electrons. The molecule has 0 unspecified atom stereocenters. The molecular weight excluding hydrogens is 282 g/mol. The molecule has 0 radical (unpaired) electrons. The highest BCUT2D eigenvalue weighted by atomic mass is 19.4. The lowest BCUT2D eigenvalue weighted by atomic mass is 10.4. The Kier molecular flexibility index (Phi) is 2.81. The van der Waals surface area contributed by atoms with Crippen molar-refractivity contribution in [2.75, 3.05) is 0 Å². The van der Waals surface area contributed by atoms with E-state index in [2.05, 4.69) is 4.94 Å². The maximum Gasteiger partial charge on any atom is 0.490 e. The van der Waals surface area contributed by atoms with Crippen LogP contribution in [0.5, 0.6) is 0 Å². The summed E-state index contributed by atoms with van der Waals surface area (Å²) in [7, 11) is 0. The van der Waals surface area contributed by atoms with E-state index in [4.69, 9.17) is 0 Å². The molecule has 0 aliphatic carbocycles. The van der Waals surface area contributed by atoms with Gasteiger partial charge in [-0.3, -0.25) is 0 Å². The molecule has 0 aromatic rings. The van der Waals surface area contributed by atoms with Crippen molar-refractivity contribution in [2.24, 2.45) is 0 Å². The van der Waals surface area contributed by atoms with Crippen LogP contribution in [-0.4, -0.2) is 34.8 Å². The van der Waals surface area contributed by atoms with Gasteiger partial charge in [0, 0.05) is 10.1 Å². The van der Waals surface area contributed by atoms with Crippen molar-refractivity contribution in [1.29, 1.82) is 0 Å². The monoisotopic (exact) mass is 282 g/mol. The summed E-state index contributed by atoms with van der Waals surface area (Å²) in [5, 5.41) is -5.35. The van der Waals surface area contributed by atoms with Crippen LogP contribution in [0.2, 0.25) is 0 Å². The third-order valence-corrected chi connectivity index (χ3v) is 1.50. The Morgan fingerprint density at radius 1 is 0.647 bits per heavy atom. The molecule has 1 heterocycles. The summed E-state index contributed by atoms with van der Waals surface area (Å²) in [6, 6.07) is -12.4. The summed E-state index contributed by atoms with van der Waals surface area (Å²) in [5.41, 5.74) is 0. The largest absolute Gasteiger partial charge is 0.490 e. The summed E-state index contributed by atoms with van der Waals surface area (Å²) in [5.74, 6) is 0. The number of rotatable bonds is 0. The fourth-order valence-corrected chi connectivity index (χ4v) is 0.840. The molecule has 1 aliphatic rings. The van der Waals surface area contributed by atoms with E-state index < -0.39 is 34.8 Å². The fraction of sp³-hybridized carbons (Fsp3) is 1.00. The van der Waals surface area contributed by atoms with Crippen LogP contribution in [0.3, 0.4) is 0 Å². The van der Waals surface area contributed by atoms with E-state index in [0.717, 1.165) is 0 Å². The third kappa shape index (κ3) is 2.01. The van der Waals surface area contributed by atoms with E-state index in [1.807, 2.05) is 0 Å². The first-order valence-corrected chi connectivity index (χ1v) is 3.40. The highest BCUT2D eigenvalue weighted by molar-refractivity contribution is 4.86. The van der Waals surface area contributed by atoms with Gasteiger partial charge in [0.15, 0.2) is 0 Å². The van der Waals surface area contributed by atoms with Gasteiger partial charge < -0.3 is 0 Å². The minimum absolute atomic E-state index is 2.44. The minimum atomic E-state index is -6.24. The van der Waals surface area contributed by atoms with Crippen molar-refractivity contribution in [3.8, 4) is 0 Å². The van der Waals surface area contributed by atoms with Gasteiger partial charge in [-0.05, 0) is 0 Å². The molecule has 0 amide bonds. The van der Waals surface area contributed by atoms with Gasteiger partial charge in [-0.1, -0.05) is 0 Å². The summed E-state index contributed by atoms with van der Waals surface area (Å²) >= 11 is 0. The average Bonchev–Trinajstić information content (AvgIpc) is 2.15. The zero-order valence-electron chi connectivity index (χ0n) is 7.08. The fourth-order valence-electron chi connectivity index (χ4n) is 0.840. The lowest BCUT2D eigenvalue weighted by molar-refractivity contribution is -0.495. The van der Waals surface area contributed by atoms with Gasteiger partial charge >= 0.3 is 24.7 Å². The van der Waals surface area contributed by atoms with Crippen LogP contribution in [0.25, 0.3) is 0 Å². The Balaban J connectivity index is 3.21. The van der Waals surface area contributed by atoms with E-state index >= 15 is 0 Å².